The number of aromatic nitrogens is 3. The van der Waals surface area contributed by atoms with Gasteiger partial charge in [-0.1, -0.05) is 23.4 Å². The number of pyridine rings is 1. The van der Waals surface area contributed by atoms with Gasteiger partial charge in [0.2, 0.25) is 11.8 Å². The molecule has 2 aromatic rings. The van der Waals surface area contributed by atoms with E-state index in [-0.39, 0.29) is 29.6 Å². The van der Waals surface area contributed by atoms with Crippen molar-refractivity contribution in [2.75, 3.05) is 44.1 Å². The van der Waals surface area contributed by atoms with Crippen molar-refractivity contribution in [3.63, 3.8) is 0 Å². The van der Waals surface area contributed by atoms with E-state index >= 15 is 0 Å². The van der Waals surface area contributed by atoms with E-state index in [9.17, 15) is 18.3 Å². The molecule has 0 aliphatic heterocycles. The van der Waals surface area contributed by atoms with E-state index in [0.29, 0.717) is 41.7 Å². The predicted molar refractivity (Wildman–Crippen MR) is 126 cm³/mol. The third-order valence-corrected chi connectivity index (χ3v) is 5.63. The lowest BCUT2D eigenvalue weighted by Gasteiger charge is -2.16. The highest BCUT2D eigenvalue weighted by Gasteiger charge is 2.29. The third-order valence-electron chi connectivity index (χ3n) is 5.36. The lowest BCUT2D eigenvalue weighted by Crippen LogP contribution is -2.20. The Morgan fingerprint density at radius 2 is 2.00 bits per heavy atom. The molecule has 3 rings (SSSR count). The molecule has 0 bridgehead atoms. The Labute approximate surface area is 206 Å². The van der Waals surface area contributed by atoms with Crippen LogP contribution in [-0.2, 0) is 4.74 Å². The number of hydrogen-bond acceptors (Lipinski definition) is 8. The number of hydrogen-bond donors (Lipinski definition) is 3. The minimum absolute atomic E-state index is 0.0963. The number of nitrogens with one attached hydrogen (secondary N) is 2. The van der Waals surface area contributed by atoms with Crippen LogP contribution in [0.25, 0.3) is 0 Å². The van der Waals surface area contributed by atoms with Gasteiger partial charge in [0.25, 0.3) is 0 Å². The summed E-state index contributed by atoms with van der Waals surface area (Å²) in [7, 11) is 1.59. The van der Waals surface area contributed by atoms with E-state index < -0.39 is 12.8 Å². The molecule has 2 atom stereocenters. The van der Waals surface area contributed by atoms with E-state index in [1.807, 2.05) is 0 Å². The number of rotatable bonds is 9. The molecule has 0 aromatic carbocycles. The van der Waals surface area contributed by atoms with Gasteiger partial charge < -0.3 is 25.2 Å². The van der Waals surface area contributed by atoms with Gasteiger partial charge in [-0.15, -0.1) is 0 Å². The third kappa shape index (κ3) is 8.13. The van der Waals surface area contributed by atoms with E-state index in [1.54, 1.807) is 14.0 Å². The molecule has 2 unspecified atom stereocenters. The molecule has 0 amide bonds. The summed E-state index contributed by atoms with van der Waals surface area (Å²) in [5.41, 5.74) is 1.28. The Morgan fingerprint density at radius 3 is 2.66 bits per heavy atom. The number of halogens is 4. The molecule has 35 heavy (non-hydrogen) atoms. The monoisotopic (exact) mass is 513 g/mol. The lowest BCUT2D eigenvalue weighted by molar-refractivity contribution is -0.154. The van der Waals surface area contributed by atoms with Gasteiger partial charge in [0, 0.05) is 37.9 Å². The molecule has 2 heterocycles. The van der Waals surface area contributed by atoms with Crippen LogP contribution >= 0.6 is 11.6 Å². The Kier molecular flexibility index (Phi) is 9.37. The van der Waals surface area contributed by atoms with Gasteiger partial charge in [-0.3, -0.25) is 0 Å². The fourth-order valence-corrected chi connectivity index (χ4v) is 3.81. The predicted octanol–water partition coefficient (Wildman–Crippen LogP) is 3.81. The Hall–Kier alpha value is -2.81. The van der Waals surface area contributed by atoms with E-state index in [1.165, 1.54) is 12.1 Å². The van der Waals surface area contributed by atoms with Crippen LogP contribution in [0.2, 0.25) is 5.15 Å². The highest BCUT2D eigenvalue weighted by molar-refractivity contribution is 6.31. The van der Waals surface area contributed by atoms with Crippen LogP contribution in [0.3, 0.4) is 0 Å². The van der Waals surface area contributed by atoms with Gasteiger partial charge in [-0.25, -0.2) is 4.98 Å². The van der Waals surface area contributed by atoms with Gasteiger partial charge in [-0.2, -0.15) is 23.1 Å². The SMILES string of the molecule is COCCNc1nc(Cl)c(C#Cc2ccc(OCC(F)(F)F)nc2C)c(NC2CCC(CO)C2)n1. The number of methoxy groups -OCH3 is 1. The molecule has 0 radical (unpaired) electrons. The van der Waals surface area contributed by atoms with Crippen molar-refractivity contribution < 1.29 is 27.8 Å². The molecule has 1 saturated carbocycles. The number of nitrogens with zero attached hydrogens (tertiary/aromatic N) is 3. The number of aryl methyl sites for hydroxylation is 1. The quantitative estimate of drug-likeness (QED) is 0.264. The average molecular weight is 514 g/mol. The lowest BCUT2D eigenvalue weighted by atomic mass is 10.1. The Morgan fingerprint density at radius 1 is 1.20 bits per heavy atom. The summed E-state index contributed by atoms with van der Waals surface area (Å²) in [5, 5.41) is 16.0. The summed E-state index contributed by atoms with van der Waals surface area (Å²) in [6, 6.07) is 2.96. The van der Waals surface area contributed by atoms with Gasteiger partial charge in [-0.05, 0) is 38.2 Å². The first-order chi connectivity index (χ1) is 16.7. The molecule has 8 nitrogen and oxygen atoms in total. The summed E-state index contributed by atoms with van der Waals surface area (Å²) >= 11 is 6.46. The maximum atomic E-state index is 12.4. The number of alkyl halides is 3. The summed E-state index contributed by atoms with van der Waals surface area (Å²) in [6.07, 6.45) is -1.88. The average Bonchev–Trinajstić information content (AvgIpc) is 3.25. The largest absolute Gasteiger partial charge is 0.468 e. The van der Waals surface area contributed by atoms with Gasteiger partial charge >= 0.3 is 6.18 Å². The first-order valence-electron chi connectivity index (χ1n) is 11.1. The van der Waals surface area contributed by atoms with Crippen LogP contribution in [0.4, 0.5) is 24.9 Å². The molecule has 3 N–H and O–H groups in total. The second-order valence-corrected chi connectivity index (χ2v) is 8.48. The molecule has 0 saturated heterocycles. The summed E-state index contributed by atoms with van der Waals surface area (Å²) < 4.78 is 46.9. The zero-order chi connectivity index (χ0) is 25.4. The van der Waals surface area contributed by atoms with Crippen molar-refractivity contribution in [3.8, 4) is 17.7 Å². The van der Waals surface area contributed by atoms with Gasteiger partial charge in [0.1, 0.15) is 11.4 Å². The molecule has 1 fully saturated rings. The van der Waals surface area contributed by atoms with Crippen molar-refractivity contribution in [1.29, 1.82) is 0 Å². The zero-order valence-electron chi connectivity index (χ0n) is 19.4. The number of aliphatic hydroxyl groups excluding tert-OH is 1. The minimum atomic E-state index is -4.45. The van der Waals surface area contributed by atoms with Crippen LogP contribution < -0.4 is 15.4 Å². The second-order valence-electron chi connectivity index (χ2n) is 8.12. The molecular formula is C23H27ClF3N5O3. The van der Waals surface area contributed by atoms with Crippen LogP contribution in [0, 0.1) is 24.7 Å². The molecular weight excluding hydrogens is 487 g/mol. The summed E-state index contributed by atoms with van der Waals surface area (Å²) in [4.78, 5) is 12.8. The van der Waals surface area contributed by atoms with Crippen molar-refractivity contribution >= 4 is 23.4 Å². The van der Waals surface area contributed by atoms with E-state index in [2.05, 4.69) is 42.2 Å². The van der Waals surface area contributed by atoms with Crippen molar-refractivity contribution in [2.45, 2.75) is 38.4 Å². The van der Waals surface area contributed by atoms with Crippen LogP contribution in [0.5, 0.6) is 5.88 Å². The first kappa shape index (κ1) is 26.8. The van der Waals surface area contributed by atoms with E-state index in [4.69, 9.17) is 16.3 Å². The van der Waals surface area contributed by atoms with E-state index in [0.717, 1.165) is 19.3 Å². The Bertz CT molecular complexity index is 1070. The number of anilines is 2. The van der Waals surface area contributed by atoms with Crippen molar-refractivity contribution in [2.24, 2.45) is 5.92 Å². The fraction of sp³-hybridized carbons (Fsp3) is 0.522. The second kappa shape index (κ2) is 12.2. The van der Waals surface area contributed by atoms with Gasteiger partial charge in [0.15, 0.2) is 11.8 Å². The first-order valence-corrected chi connectivity index (χ1v) is 11.4. The Balaban J connectivity index is 1.85. The topological polar surface area (TPSA) is 101 Å². The molecule has 2 aromatic heterocycles. The summed E-state index contributed by atoms with van der Waals surface area (Å²) in [6.45, 7) is 1.28. The molecule has 1 aliphatic rings. The molecule has 0 spiro atoms. The van der Waals surface area contributed by atoms with Crippen LogP contribution in [-0.4, -0.2) is 65.8 Å². The molecule has 190 valence electrons. The number of aliphatic hydroxyl groups is 1. The number of ether oxygens (including phenoxy) is 2. The normalized spacial score (nSPS) is 17.6. The van der Waals surface area contributed by atoms with Gasteiger partial charge in [0.05, 0.1) is 12.3 Å². The maximum Gasteiger partial charge on any atom is 0.422 e. The minimum Gasteiger partial charge on any atom is -0.468 e. The highest BCUT2D eigenvalue weighted by Crippen LogP contribution is 2.30. The molecule has 1 aliphatic carbocycles. The molecule has 12 heteroatoms. The van der Waals surface area contributed by atoms with Crippen LogP contribution in [0.1, 0.15) is 36.1 Å². The van der Waals surface area contributed by atoms with Crippen molar-refractivity contribution in [3.05, 3.63) is 34.1 Å². The zero-order valence-corrected chi connectivity index (χ0v) is 20.1. The van der Waals surface area contributed by atoms with Crippen LogP contribution in [0.15, 0.2) is 12.1 Å². The maximum absolute atomic E-state index is 12.4. The van der Waals surface area contributed by atoms with Crippen molar-refractivity contribution in [1.82, 2.24) is 15.0 Å². The standard InChI is InChI=1S/C23H27ClF3N5O3/c1-14-16(5-8-19(29-14)35-13-23(25,26)27)4-7-18-20(24)31-22(28-9-10-34-2)32-21(18)30-17-6-3-15(11-17)12-33/h5,8,15,17,33H,3,6,9-13H2,1-2H3,(H2,28,30,31,32). The fourth-order valence-electron chi connectivity index (χ4n) is 3.59. The summed E-state index contributed by atoms with van der Waals surface area (Å²) in [5.74, 6) is 6.79. The smallest absolute Gasteiger partial charge is 0.422 e. The highest BCUT2D eigenvalue weighted by atomic mass is 35.5.